The van der Waals surface area contributed by atoms with Gasteiger partial charge in [-0.1, -0.05) is 13.8 Å². The standard InChI is InChI=1S/C20H37N5O5/c1-12(2)11-16(19(28)23-13(3)20(29)30)25-18(27)15(7-4-5-9-21)24-17(26)14-8-6-10-22-14/h12-16,22H,4-11,21H2,1-3H3,(H,23,28)(H,24,26)(H,25,27)(H,29,30). The molecule has 0 bridgehead atoms. The molecule has 1 heterocycles. The summed E-state index contributed by atoms with van der Waals surface area (Å²) >= 11 is 0. The van der Waals surface area contributed by atoms with Crippen LogP contribution in [0.1, 0.15) is 59.3 Å². The van der Waals surface area contributed by atoms with Crippen LogP contribution in [0, 0.1) is 5.92 Å². The monoisotopic (exact) mass is 427 g/mol. The van der Waals surface area contributed by atoms with E-state index in [9.17, 15) is 19.2 Å². The number of carbonyl (C=O) groups excluding carboxylic acids is 3. The molecule has 7 N–H and O–H groups in total. The van der Waals surface area contributed by atoms with Crippen molar-refractivity contribution in [2.24, 2.45) is 11.7 Å². The molecule has 0 aromatic heterocycles. The lowest BCUT2D eigenvalue weighted by atomic mass is 10.0. The van der Waals surface area contributed by atoms with Crippen LogP contribution in [0.25, 0.3) is 0 Å². The molecule has 4 unspecified atom stereocenters. The summed E-state index contributed by atoms with van der Waals surface area (Å²) in [5.74, 6) is -2.31. The zero-order valence-corrected chi connectivity index (χ0v) is 18.2. The quantitative estimate of drug-likeness (QED) is 0.215. The van der Waals surface area contributed by atoms with Gasteiger partial charge in [-0.2, -0.15) is 0 Å². The number of carboxylic acid groups (broad SMARTS) is 1. The highest BCUT2D eigenvalue weighted by Gasteiger charge is 2.30. The molecule has 4 atom stereocenters. The minimum atomic E-state index is -1.16. The third kappa shape index (κ3) is 9.08. The Balaban J connectivity index is 2.83. The molecule has 30 heavy (non-hydrogen) atoms. The van der Waals surface area contributed by atoms with Gasteiger partial charge in [0.2, 0.25) is 17.7 Å². The molecule has 1 aliphatic heterocycles. The van der Waals surface area contributed by atoms with Crippen LogP contribution in [-0.2, 0) is 19.2 Å². The smallest absolute Gasteiger partial charge is 0.325 e. The predicted octanol–water partition coefficient (Wildman–Crippen LogP) is -0.528. The molecule has 0 aliphatic carbocycles. The fourth-order valence-corrected chi connectivity index (χ4v) is 3.29. The molecule has 0 saturated carbocycles. The number of carbonyl (C=O) groups is 4. The van der Waals surface area contributed by atoms with Crippen molar-refractivity contribution in [2.45, 2.75) is 83.5 Å². The van der Waals surface area contributed by atoms with Crippen LogP contribution in [0.2, 0.25) is 0 Å². The molecular formula is C20H37N5O5. The van der Waals surface area contributed by atoms with Crippen molar-refractivity contribution in [1.82, 2.24) is 21.3 Å². The van der Waals surface area contributed by atoms with E-state index in [0.717, 1.165) is 13.0 Å². The molecule has 1 fully saturated rings. The molecular weight excluding hydrogens is 390 g/mol. The van der Waals surface area contributed by atoms with Crippen molar-refractivity contribution >= 4 is 23.7 Å². The van der Waals surface area contributed by atoms with Gasteiger partial charge in [0.25, 0.3) is 0 Å². The molecule has 0 aromatic carbocycles. The number of aliphatic carboxylic acids is 1. The summed E-state index contributed by atoms with van der Waals surface area (Å²) in [6.07, 6.45) is 3.74. The summed E-state index contributed by atoms with van der Waals surface area (Å²) in [7, 11) is 0. The summed E-state index contributed by atoms with van der Waals surface area (Å²) in [6.45, 7) is 6.41. The molecule has 1 saturated heterocycles. The fraction of sp³-hybridized carbons (Fsp3) is 0.800. The summed E-state index contributed by atoms with van der Waals surface area (Å²) in [5.41, 5.74) is 5.54. The molecule has 172 valence electrons. The maximum Gasteiger partial charge on any atom is 0.325 e. The van der Waals surface area contributed by atoms with E-state index >= 15 is 0 Å². The van der Waals surface area contributed by atoms with Gasteiger partial charge in [0, 0.05) is 0 Å². The number of nitrogens with two attached hydrogens (primary N) is 1. The van der Waals surface area contributed by atoms with Gasteiger partial charge in [-0.05, 0) is 64.5 Å². The molecule has 3 amide bonds. The van der Waals surface area contributed by atoms with Crippen LogP contribution in [0.4, 0.5) is 0 Å². The van der Waals surface area contributed by atoms with Gasteiger partial charge in [-0.15, -0.1) is 0 Å². The SMILES string of the molecule is CC(C)CC(NC(=O)C(CCCCN)NC(=O)C1CCCN1)C(=O)NC(C)C(=O)O. The van der Waals surface area contributed by atoms with E-state index in [0.29, 0.717) is 38.6 Å². The number of unbranched alkanes of at least 4 members (excludes halogenated alkanes) is 1. The highest BCUT2D eigenvalue weighted by Crippen LogP contribution is 2.10. The molecule has 0 spiro atoms. The Morgan fingerprint density at radius 3 is 2.23 bits per heavy atom. The predicted molar refractivity (Wildman–Crippen MR) is 112 cm³/mol. The van der Waals surface area contributed by atoms with Crippen molar-refractivity contribution in [3.8, 4) is 0 Å². The second kappa shape index (κ2) is 13.2. The lowest BCUT2D eigenvalue weighted by Gasteiger charge is -2.25. The number of nitrogens with one attached hydrogen (secondary N) is 4. The maximum atomic E-state index is 12.9. The Labute approximate surface area is 178 Å². The van der Waals surface area contributed by atoms with Crippen molar-refractivity contribution in [3.05, 3.63) is 0 Å². The zero-order valence-electron chi connectivity index (χ0n) is 18.2. The maximum absolute atomic E-state index is 12.9. The topological polar surface area (TPSA) is 163 Å². The summed E-state index contributed by atoms with van der Waals surface area (Å²) in [6, 6.07) is -3.07. The Bertz CT molecular complexity index is 592. The van der Waals surface area contributed by atoms with Crippen LogP contribution >= 0.6 is 0 Å². The van der Waals surface area contributed by atoms with Crippen LogP contribution in [0.15, 0.2) is 0 Å². The number of amides is 3. The van der Waals surface area contributed by atoms with Crippen molar-refractivity contribution < 1.29 is 24.3 Å². The molecule has 0 aromatic rings. The van der Waals surface area contributed by atoms with Crippen molar-refractivity contribution in [2.75, 3.05) is 13.1 Å². The Hall–Kier alpha value is -2.20. The first-order valence-electron chi connectivity index (χ1n) is 10.7. The van der Waals surface area contributed by atoms with Crippen LogP contribution in [0.5, 0.6) is 0 Å². The van der Waals surface area contributed by atoms with E-state index in [2.05, 4.69) is 21.3 Å². The van der Waals surface area contributed by atoms with Crippen molar-refractivity contribution in [3.63, 3.8) is 0 Å². The Morgan fingerprint density at radius 2 is 1.70 bits per heavy atom. The average molecular weight is 428 g/mol. The summed E-state index contributed by atoms with van der Waals surface area (Å²) in [5, 5.41) is 20.0. The first-order valence-corrected chi connectivity index (χ1v) is 10.7. The van der Waals surface area contributed by atoms with E-state index in [1.807, 2.05) is 13.8 Å². The first-order chi connectivity index (χ1) is 14.1. The highest BCUT2D eigenvalue weighted by molar-refractivity contribution is 5.94. The molecule has 10 nitrogen and oxygen atoms in total. The van der Waals surface area contributed by atoms with Gasteiger partial charge in [0.05, 0.1) is 6.04 Å². The minimum absolute atomic E-state index is 0.0918. The summed E-state index contributed by atoms with van der Waals surface area (Å²) in [4.78, 5) is 49.0. The van der Waals surface area contributed by atoms with Gasteiger partial charge >= 0.3 is 5.97 Å². The number of carboxylic acids is 1. The second-order valence-electron chi connectivity index (χ2n) is 8.25. The van der Waals surface area contributed by atoms with Crippen LogP contribution < -0.4 is 27.0 Å². The lowest BCUT2D eigenvalue weighted by Crippen LogP contribution is -2.57. The third-order valence-corrected chi connectivity index (χ3v) is 5.03. The van der Waals surface area contributed by atoms with Gasteiger partial charge in [0.15, 0.2) is 0 Å². The van der Waals surface area contributed by atoms with Gasteiger partial charge in [-0.25, -0.2) is 0 Å². The van der Waals surface area contributed by atoms with E-state index in [1.54, 1.807) is 0 Å². The van der Waals surface area contributed by atoms with Gasteiger partial charge in [-0.3, -0.25) is 19.2 Å². The first kappa shape index (κ1) is 25.8. The molecule has 10 heteroatoms. The van der Waals surface area contributed by atoms with E-state index in [4.69, 9.17) is 10.8 Å². The Kier molecular flexibility index (Phi) is 11.3. The van der Waals surface area contributed by atoms with E-state index in [1.165, 1.54) is 6.92 Å². The van der Waals surface area contributed by atoms with Crippen LogP contribution in [-0.4, -0.2) is 66.1 Å². The fourth-order valence-electron chi connectivity index (χ4n) is 3.29. The highest BCUT2D eigenvalue weighted by atomic mass is 16.4. The van der Waals surface area contributed by atoms with Crippen LogP contribution in [0.3, 0.4) is 0 Å². The molecule has 1 aliphatic rings. The third-order valence-electron chi connectivity index (χ3n) is 5.03. The van der Waals surface area contributed by atoms with Gasteiger partial charge in [0.1, 0.15) is 18.1 Å². The van der Waals surface area contributed by atoms with Crippen molar-refractivity contribution in [1.29, 1.82) is 0 Å². The normalized spacial score (nSPS) is 19.0. The average Bonchev–Trinajstić information content (AvgIpc) is 3.21. The second-order valence-corrected chi connectivity index (χ2v) is 8.25. The Morgan fingerprint density at radius 1 is 1.03 bits per heavy atom. The number of rotatable bonds is 13. The largest absolute Gasteiger partial charge is 0.480 e. The van der Waals surface area contributed by atoms with E-state index < -0.39 is 35.9 Å². The number of hydrogen-bond donors (Lipinski definition) is 6. The lowest BCUT2D eigenvalue weighted by molar-refractivity contribution is -0.142. The zero-order chi connectivity index (χ0) is 22.7. The molecule has 0 radical (unpaired) electrons. The minimum Gasteiger partial charge on any atom is -0.480 e. The van der Waals surface area contributed by atoms with Gasteiger partial charge < -0.3 is 32.1 Å². The summed E-state index contributed by atoms with van der Waals surface area (Å²) < 4.78 is 0. The molecule has 1 rings (SSSR count). The van der Waals surface area contributed by atoms with E-state index in [-0.39, 0.29) is 17.9 Å². The number of hydrogen-bond acceptors (Lipinski definition) is 6.